The van der Waals surface area contributed by atoms with Gasteiger partial charge in [0.25, 0.3) is 0 Å². The number of rotatable bonds is 2. The number of aromatic hydroxyl groups is 1. The molecule has 0 bridgehead atoms. The Morgan fingerprint density at radius 2 is 1.78 bits per heavy atom. The van der Waals surface area contributed by atoms with Crippen LogP contribution in [0.3, 0.4) is 0 Å². The fourth-order valence-corrected chi connectivity index (χ4v) is 2.67. The summed E-state index contributed by atoms with van der Waals surface area (Å²) in [5, 5.41) is 12.5. The molecule has 0 aliphatic carbocycles. The van der Waals surface area contributed by atoms with Gasteiger partial charge in [0.2, 0.25) is 0 Å². The molecule has 88 valence electrons. The first kappa shape index (κ1) is 11.0. The van der Waals surface area contributed by atoms with E-state index >= 15 is 0 Å². The summed E-state index contributed by atoms with van der Waals surface area (Å²) in [6, 6.07) is 11.4. The predicted molar refractivity (Wildman–Crippen MR) is 71.8 cm³/mol. The van der Waals surface area contributed by atoms with Gasteiger partial charge in [0.05, 0.1) is 6.20 Å². The van der Waals surface area contributed by atoms with Crippen molar-refractivity contribution < 1.29 is 5.11 Å². The molecule has 0 saturated carbocycles. The smallest absolute Gasteiger partial charge is 0.123 e. The summed E-state index contributed by atoms with van der Waals surface area (Å²) < 4.78 is 0. The fourth-order valence-electron chi connectivity index (χ4n) is 1.80. The molecule has 3 rings (SSSR count). The third-order valence-corrected chi connectivity index (χ3v) is 3.61. The summed E-state index contributed by atoms with van der Waals surface area (Å²) in [4.78, 5) is 9.35. The molecule has 0 unspecified atom stereocenters. The highest BCUT2D eigenvalue weighted by Crippen LogP contribution is 2.35. The van der Waals surface area contributed by atoms with E-state index in [9.17, 15) is 5.11 Å². The monoisotopic (exact) mass is 254 g/mol. The van der Waals surface area contributed by atoms with Crippen molar-refractivity contribution in [3.63, 3.8) is 0 Å². The van der Waals surface area contributed by atoms with Gasteiger partial charge in [-0.2, -0.15) is 0 Å². The van der Waals surface area contributed by atoms with Crippen LogP contribution < -0.4 is 0 Å². The topological polar surface area (TPSA) is 46.0 Å². The Hall–Kier alpha value is -2.07. The van der Waals surface area contributed by atoms with E-state index in [2.05, 4.69) is 9.97 Å². The van der Waals surface area contributed by atoms with Crippen molar-refractivity contribution in [1.29, 1.82) is 0 Å². The molecular weight excluding hydrogens is 244 g/mol. The molecule has 0 spiro atoms. The van der Waals surface area contributed by atoms with Gasteiger partial charge in [0.15, 0.2) is 0 Å². The standard InChI is InChI=1S/C14H10N2OS/c17-12-5-6-13(11-4-2-1-3-10(11)12)18-14-9-15-7-8-16-14/h1-9,17H. The zero-order valence-corrected chi connectivity index (χ0v) is 10.3. The molecule has 0 aliphatic rings. The van der Waals surface area contributed by atoms with Crippen molar-refractivity contribution in [2.24, 2.45) is 0 Å². The maximum atomic E-state index is 9.82. The molecule has 2 aromatic carbocycles. The second-order valence-electron chi connectivity index (χ2n) is 3.77. The molecular formula is C14H10N2OS. The molecule has 18 heavy (non-hydrogen) atoms. The van der Waals surface area contributed by atoms with Gasteiger partial charge in [-0.15, -0.1) is 0 Å². The number of fused-ring (bicyclic) bond motifs is 1. The maximum Gasteiger partial charge on any atom is 0.123 e. The van der Waals surface area contributed by atoms with Crippen molar-refractivity contribution in [3.05, 3.63) is 55.0 Å². The normalized spacial score (nSPS) is 10.7. The average molecular weight is 254 g/mol. The zero-order valence-electron chi connectivity index (χ0n) is 9.45. The van der Waals surface area contributed by atoms with Crippen LogP contribution in [0, 0.1) is 0 Å². The summed E-state index contributed by atoms with van der Waals surface area (Å²) in [5.41, 5.74) is 0. The molecule has 3 nitrogen and oxygen atoms in total. The molecule has 0 amide bonds. The lowest BCUT2D eigenvalue weighted by Gasteiger charge is -2.06. The fraction of sp³-hybridized carbons (Fsp3) is 0. The van der Waals surface area contributed by atoms with Crippen LogP contribution in [-0.2, 0) is 0 Å². The Labute approximate surface area is 109 Å². The molecule has 0 radical (unpaired) electrons. The summed E-state index contributed by atoms with van der Waals surface area (Å²) in [6.07, 6.45) is 5.05. The summed E-state index contributed by atoms with van der Waals surface area (Å²) in [5.74, 6) is 0.300. The first-order valence-corrected chi connectivity index (χ1v) is 6.31. The Kier molecular flexibility index (Phi) is 2.86. The van der Waals surface area contributed by atoms with Crippen LogP contribution in [0.1, 0.15) is 0 Å². The van der Waals surface area contributed by atoms with Crippen molar-refractivity contribution in [2.75, 3.05) is 0 Å². The molecule has 0 atom stereocenters. The number of nitrogens with zero attached hydrogens (tertiary/aromatic N) is 2. The second kappa shape index (κ2) is 4.66. The lowest BCUT2D eigenvalue weighted by molar-refractivity contribution is 0.481. The van der Waals surface area contributed by atoms with E-state index in [0.29, 0.717) is 5.75 Å². The van der Waals surface area contributed by atoms with Gasteiger partial charge < -0.3 is 5.11 Å². The van der Waals surface area contributed by atoms with E-state index in [1.807, 2.05) is 30.3 Å². The number of phenols is 1. The zero-order chi connectivity index (χ0) is 12.4. The summed E-state index contributed by atoms with van der Waals surface area (Å²) >= 11 is 1.54. The third-order valence-electron chi connectivity index (χ3n) is 2.62. The summed E-state index contributed by atoms with van der Waals surface area (Å²) in [6.45, 7) is 0. The van der Waals surface area contributed by atoms with Crippen LogP contribution in [0.5, 0.6) is 5.75 Å². The Balaban J connectivity index is 2.10. The van der Waals surface area contributed by atoms with Crippen molar-refractivity contribution in [3.8, 4) is 5.75 Å². The maximum absolute atomic E-state index is 9.82. The lowest BCUT2D eigenvalue weighted by atomic mass is 10.1. The highest BCUT2D eigenvalue weighted by atomic mass is 32.2. The molecule has 0 saturated heterocycles. The third kappa shape index (κ3) is 2.02. The van der Waals surface area contributed by atoms with Gasteiger partial charge in [-0.3, -0.25) is 4.98 Å². The SMILES string of the molecule is Oc1ccc(Sc2cnccn2)c2ccccc12. The first-order chi connectivity index (χ1) is 8.84. The second-order valence-corrected chi connectivity index (χ2v) is 4.84. The van der Waals surface area contributed by atoms with Crippen molar-refractivity contribution in [1.82, 2.24) is 9.97 Å². The molecule has 1 aromatic heterocycles. The van der Waals surface area contributed by atoms with E-state index in [1.165, 1.54) is 0 Å². The first-order valence-electron chi connectivity index (χ1n) is 5.49. The number of aromatic nitrogens is 2. The Bertz CT molecular complexity index is 686. The van der Waals surface area contributed by atoms with Gasteiger partial charge in [-0.1, -0.05) is 36.0 Å². The molecule has 0 fully saturated rings. The minimum atomic E-state index is 0.300. The summed E-state index contributed by atoms with van der Waals surface area (Å²) in [7, 11) is 0. The average Bonchev–Trinajstić information content (AvgIpc) is 2.44. The van der Waals surface area contributed by atoms with Crippen LogP contribution in [-0.4, -0.2) is 15.1 Å². The van der Waals surface area contributed by atoms with Crippen molar-refractivity contribution >= 4 is 22.5 Å². The lowest BCUT2D eigenvalue weighted by Crippen LogP contribution is -1.82. The van der Waals surface area contributed by atoms with Gasteiger partial charge in [-0.25, -0.2) is 4.98 Å². The predicted octanol–water partition coefficient (Wildman–Crippen LogP) is 3.49. The van der Waals surface area contributed by atoms with E-state index < -0.39 is 0 Å². The molecule has 0 aliphatic heterocycles. The van der Waals surface area contributed by atoms with Crippen LogP contribution in [0.15, 0.2) is 64.9 Å². The quantitative estimate of drug-likeness (QED) is 0.760. The Morgan fingerprint density at radius 1 is 0.944 bits per heavy atom. The van der Waals surface area contributed by atoms with E-state index in [1.54, 1.807) is 36.4 Å². The van der Waals surface area contributed by atoms with Crippen LogP contribution in [0.2, 0.25) is 0 Å². The van der Waals surface area contributed by atoms with Gasteiger partial charge in [0.1, 0.15) is 10.8 Å². The number of benzene rings is 2. The van der Waals surface area contributed by atoms with E-state index in [0.717, 1.165) is 20.7 Å². The van der Waals surface area contributed by atoms with E-state index in [-0.39, 0.29) is 0 Å². The molecule has 4 heteroatoms. The van der Waals surface area contributed by atoms with Gasteiger partial charge >= 0.3 is 0 Å². The highest BCUT2D eigenvalue weighted by molar-refractivity contribution is 7.99. The van der Waals surface area contributed by atoms with Crippen LogP contribution in [0.25, 0.3) is 10.8 Å². The minimum Gasteiger partial charge on any atom is -0.507 e. The molecule has 3 aromatic rings. The van der Waals surface area contributed by atoms with Gasteiger partial charge in [-0.05, 0) is 17.5 Å². The Morgan fingerprint density at radius 3 is 2.56 bits per heavy atom. The molecule has 1 N–H and O–H groups in total. The van der Waals surface area contributed by atoms with Crippen molar-refractivity contribution in [2.45, 2.75) is 9.92 Å². The highest BCUT2D eigenvalue weighted by Gasteiger charge is 2.06. The van der Waals surface area contributed by atoms with Crippen LogP contribution in [0.4, 0.5) is 0 Å². The van der Waals surface area contributed by atoms with E-state index in [4.69, 9.17) is 0 Å². The number of hydrogen-bond donors (Lipinski definition) is 1. The number of phenolic OH excluding ortho intramolecular Hbond substituents is 1. The van der Waals surface area contributed by atoms with Gasteiger partial charge in [0, 0.05) is 22.7 Å². The largest absolute Gasteiger partial charge is 0.507 e. The minimum absolute atomic E-state index is 0.300. The molecule has 1 heterocycles. The number of hydrogen-bond acceptors (Lipinski definition) is 4. The van der Waals surface area contributed by atoms with Crippen LogP contribution >= 0.6 is 11.8 Å².